The molecule has 2 rings (SSSR count). The van der Waals surface area contributed by atoms with Gasteiger partial charge in [-0.25, -0.2) is 4.98 Å². The van der Waals surface area contributed by atoms with E-state index >= 15 is 0 Å². The summed E-state index contributed by atoms with van der Waals surface area (Å²) in [5.74, 6) is 1.01. The SMILES string of the molecule is COc1ccc2oc(C(O)CCN)nc2c1. The third kappa shape index (κ3) is 2.00. The summed E-state index contributed by atoms with van der Waals surface area (Å²) < 4.78 is 10.5. The number of aromatic nitrogens is 1. The van der Waals surface area contributed by atoms with Crippen LogP contribution in [0.1, 0.15) is 18.4 Å². The van der Waals surface area contributed by atoms with Gasteiger partial charge >= 0.3 is 0 Å². The quantitative estimate of drug-likeness (QED) is 0.812. The largest absolute Gasteiger partial charge is 0.497 e. The van der Waals surface area contributed by atoms with Crippen molar-refractivity contribution in [3.05, 3.63) is 24.1 Å². The second-order valence-corrected chi connectivity index (χ2v) is 3.48. The molecule has 0 fully saturated rings. The zero-order chi connectivity index (χ0) is 11.5. The van der Waals surface area contributed by atoms with Gasteiger partial charge in [0, 0.05) is 6.07 Å². The fraction of sp³-hybridized carbons (Fsp3) is 0.364. The highest BCUT2D eigenvalue weighted by atomic mass is 16.5. The molecular weight excluding hydrogens is 208 g/mol. The van der Waals surface area contributed by atoms with Crippen molar-refractivity contribution in [2.45, 2.75) is 12.5 Å². The molecule has 2 aromatic rings. The Labute approximate surface area is 92.8 Å². The molecule has 16 heavy (non-hydrogen) atoms. The summed E-state index contributed by atoms with van der Waals surface area (Å²) in [4.78, 5) is 4.19. The van der Waals surface area contributed by atoms with Crippen molar-refractivity contribution in [2.75, 3.05) is 13.7 Å². The lowest BCUT2D eigenvalue weighted by Gasteiger charge is -2.01. The van der Waals surface area contributed by atoms with Gasteiger partial charge in [0.05, 0.1) is 7.11 Å². The van der Waals surface area contributed by atoms with Crippen molar-refractivity contribution in [2.24, 2.45) is 5.73 Å². The van der Waals surface area contributed by atoms with Crippen LogP contribution in [0.4, 0.5) is 0 Å². The molecule has 5 nitrogen and oxygen atoms in total. The maximum atomic E-state index is 9.68. The first-order chi connectivity index (χ1) is 7.74. The molecule has 86 valence electrons. The van der Waals surface area contributed by atoms with Crippen LogP contribution in [0.2, 0.25) is 0 Å². The average molecular weight is 222 g/mol. The lowest BCUT2D eigenvalue weighted by Crippen LogP contribution is -2.06. The molecule has 0 spiro atoms. The molecule has 1 atom stereocenters. The molecule has 5 heteroatoms. The van der Waals surface area contributed by atoms with Crippen LogP contribution < -0.4 is 10.5 Å². The van der Waals surface area contributed by atoms with E-state index in [4.69, 9.17) is 14.9 Å². The third-order valence-electron chi connectivity index (χ3n) is 2.34. The number of aliphatic hydroxyl groups is 1. The van der Waals surface area contributed by atoms with E-state index in [1.54, 1.807) is 25.3 Å². The molecule has 0 aliphatic rings. The van der Waals surface area contributed by atoms with Gasteiger partial charge in [0.1, 0.15) is 17.4 Å². The fourth-order valence-electron chi connectivity index (χ4n) is 1.48. The maximum absolute atomic E-state index is 9.68. The first-order valence-corrected chi connectivity index (χ1v) is 5.07. The number of aliphatic hydroxyl groups excluding tert-OH is 1. The molecule has 1 unspecified atom stereocenters. The number of rotatable bonds is 4. The topological polar surface area (TPSA) is 81.5 Å². The van der Waals surface area contributed by atoms with Gasteiger partial charge in [-0.3, -0.25) is 0 Å². The molecule has 1 aromatic heterocycles. The van der Waals surface area contributed by atoms with Crippen LogP contribution in [-0.2, 0) is 0 Å². The van der Waals surface area contributed by atoms with E-state index in [0.717, 1.165) is 0 Å². The summed E-state index contributed by atoms with van der Waals surface area (Å²) in [5.41, 5.74) is 6.66. The maximum Gasteiger partial charge on any atom is 0.224 e. The highest BCUT2D eigenvalue weighted by molar-refractivity contribution is 5.74. The Morgan fingerprint density at radius 1 is 1.56 bits per heavy atom. The van der Waals surface area contributed by atoms with Gasteiger partial charge in [0.2, 0.25) is 5.89 Å². The van der Waals surface area contributed by atoms with E-state index in [2.05, 4.69) is 4.98 Å². The van der Waals surface area contributed by atoms with E-state index in [1.165, 1.54) is 0 Å². The number of benzene rings is 1. The zero-order valence-electron chi connectivity index (χ0n) is 9.01. The van der Waals surface area contributed by atoms with E-state index < -0.39 is 6.10 Å². The van der Waals surface area contributed by atoms with Gasteiger partial charge in [0.25, 0.3) is 0 Å². The van der Waals surface area contributed by atoms with Crippen molar-refractivity contribution in [1.82, 2.24) is 4.98 Å². The lowest BCUT2D eigenvalue weighted by molar-refractivity contribution is 0.139. The second kappa shape index (κ2) is 4.51. The minimum atomic E-state index is -0.747. The van der Waals surface area contributed by atoms with E-state index in [0.29, 0.717) is 35.7 Å². The highest BCUT2D eigenvalue weighted by Crippen LogP contribution is 2.24. The number of ether oxygens (including phenoxy) is 1. The summed E-state index contributed by atoms with van der Waals surface area (Å²) in [6, 6.07) is 5.31. The van der Waals surface area contributed by atoms with E-state index in [1.807, 2.05) is 0 Å². The van der Waals surface area contributed by atoms with Crippen molar-refractivity contribution in [3.8, 4) is 5.75 Å². The molecule has 0 saturated heterocycles. The lowest BCUT2D eigenvalue weighted by atomic mass is 10.2. The summed E-state index contributed by atoms with van der Waals surface area (Å²) >= 11 is 0. The predicted octanol–water partition coefficient (Wildman–Crippen LogP) is 1.22. The minimum Gasteiger partial charge on any atom is -0.497 e. The number of methoxy groups -OCH3 is 1. The molecule has 0 amide bonds. The molecule has 0 bridgehead atoms. The summed E-state index contributed by atoms with van der Waals surface area (Å²) in [6.45, 7) is 0.392. The molecule has 0 saturated carbocycles. The monoisotopic (exact) mass is 222 g/mol. The van der Waals surface area contributed by atoms with Crippen LogP contribution in [0.5, 0.6) is 5.75 Å². The second-order valence-electron chi connectivity index (χ2n) is 3.48. The molecule has 0 aliphatic carbocycles. The first-order valence-electron chi connectivity index (χ1n) is 5.07. The molecular formula is C11H14N2O3. The van der Waals surface area contributed by atoms with E-state index in [9.17, 15) is 5.11 Å². The smallest absolute Gasteiger partial charge is 0.224 e. The van der Waals surface area contributed by atoms with Crippen molar-refractivity contribution in [1.29, 1.82) is 0 Å². The predicted molar refractivity (Wildman–Crippen MR) is 59.2 cm³/mol. The molecule has 1 aromatic carbocycles. The Morgan fingerprint density at radius 3 is 3.06 bits per heavy atom. The van der Waals surface area contributed by atoms with Crippen LogP contribution in [0.15, 0.2) is 22.6 Å². The van der Waals surface area contributed by atoms with Crippen LogP contribution in [-0.4, -0.2) is 23.7 Å². The van der Waals surface area contributed by atoms with Gasteiger partial charge < -0.3 is 20.0 Å². The Bertz CT molecular complexity index is 481. The molecule has 0 radical (unpaired) electrons. The summed E-state index contributed by atoms with van der Waals surface area (Å²) in [6.07, 6.45) is -0.312. The van der Waals surface area contributed by atoms with Gasteiger partial charge in [-0.1, -0.05) is 0 Å². The fourth-order valence-corrected chi connectivity index (χ4v) is 1.48. The minimum absolute atomic E-state index is 0.300. The van der Waals surface area contributed by atoms with Gasteiger partial charge in [0.15, 0.2) is 5.58 Å². The van der Waals surface area contributed by atoms with Crippen molar-refractivity contribution in [3.63, 3.8) is 0 Å². The van der Waals surface area contributed by atoms with Crippen molar-refractivity contribution < 1.29 is 14.3 Å². The Kier molecular flexibility index (Phi) is 3.07. The molecule has 0 aliphatic heterocycles. The molecule has 1 heterocycles. The molecule has 3 N–H and O–H groups in total. The Morgan fingerprint density at radius 2 is 2.38 bits per heavy atom. The number of fused-ring (bicyclic) bond motifs is 1. The van der Waals surface area contributed by atoms with Gasteiger partial charge in [-0.2, -0.15) is 0 Å². The number of oxazole rings is 1. The number of nitrogens with zero attached hydrogens (tertiary/aromatic N) is 1. The summed E-state index contributed by atoms with van der Waals surface area (Å²) in [5, 5.41) is 9.68. The van der Waals surface area contributed by atoms with Crippen LogP contribution in [0.25, 0.3) is 11.1 Å². The first kappa shape index (κ1) is 10.9. The Hall–Kier alpha value is -1.59. The third-order valence-corrected chi connectivity index (χ3v) is 2.34. The van der Waals surface area contributed by atoms with Crippen LogP contribution in [0.3, 0.4) is 0 Å². The van der Waals surface area contributed by atoms with Gasteiger partial charge in [-0.05, 0) is 25.1 Å². The number of nitrogens with two attached hydrogens (primary N) is 1. The summed E-state index contributed by atoms with van der Waals surface area (Å²) in [7, 11) is 1.59. The van der Waals surface area contributed by atoms with Crippen molar-refractivity contribution >= 4 is 11.1 Å². The number of hydrogen-bond acceptors (Lipinski definition) is 5. The standard InChI is InChI=1S/C11H14N2O3/c1-15-7-2-3-10-8(6-7)13-11(16-10)9(14)4-5-12/h2-3,6,9,14H,4-5,12H2,1H3. The highest BCUT2D eigenvalue weighted by Gasteiger charge is 2.14. The van der Waals surface area contributed by atoms with Crippen LogP contribution >= 0.6 is 0 Å². The Balaban J connectivity index is 2.35. The average Bonchev–Trinajstić information content (AvgIpc) is 2.71. The zero-order valence-corrected chi connectivity index (χ0v) is 9.01. The normalized spacial score (nSPS) is 12.9. The van der Waals surface area contributed by atoms with E-state index in [-0.39, 0.29) is 0 Å². The number of hydrogen-bond donors (Lipinski definition) is 2. The van der Waals surface area contributed by atoms with Gasteiger partial charge in [-0.15, -0.1) is 0 Å². The van der Waals surface area contributed by atoms with Crippen LogP contribution in [0, 0.1) is 0 Å².